The summed E-state index contributed by atoms with van der Waals surface area (Å²) in [6.45, 7) is 4.88. The molecule has 3 heteroatoms. The molecule has 10 aromatic rings. The quantitative estimate of drug-likeness (QED) is 0.175. The SMILES string of the molecule is CN1C(c2cccc(-c3ccc(-n4c5ccccc5c5ccc6c(c54)C(C)(C)c4c-6c5ccccc5c5ccccc45)cc3)c2)=CC(c2ccccc2)NC1c1ccccc1. The van der Waals surface area contributed by atoms with Crippen LogP contribution in [0.4, 0.5) is 0 Å². The molecule has 292 valence electrons. The van der Waals surface area contributed by atoms with Crippen LogP contribution in [0.25, 0.3) is 77.0 Å². The fourth-order valence-corrected chi connectivity index (χ4v) is 10.9. The first kappa shape index (κ1) is 35.7. The monoisotopic (exact) mass is 783 g/mol. The average Bonchev–Trinajstić information content (AvgIpc) is 3.78. The minimum absolute atomic E-state index is 0.0252. The molecule has 1 aliphatic carbocycles. The van der Waals surface area contributed by atoms with Crippen molar-refractivity contribution in [3.8, 4) is 27.9 Å². The van der Waals surface area contributed by atoms with Gasteiger partial charge < -0.3 is 9.47 Å². The number of benzene rings is 9. The minimum atomic E-state index is -0.240. The molecule has 61 heavy (non-hydrogen) atoms. The van der Waals surface area contributed by atoms with Crippen LogP contribution in [0.5, 0.6) is 0 Å². The smallest absolute Gasteiger partial charge is 0.106 e. The van der Waals surface area contributed by atoms with Gasteiger partial charge in [0.2, 0.25) is 0 Å². The van der Waals surface area contributed by atoms with Crippen LogP contribution in [0.3, 0.4) is 0 Å². The van der Waals surface area contributed by atoms with Crippen molar-refractivity contribution in [3.63, 3.8) is 0 Å². The molecular formula is C58H45N3. The van der Waals surface area contributed by atoms with E-state index in [0.29, 0.717) is 0 Å². The zero-order chi connectivity index (χ0) is 40.8. The summed E-state index contributed by atoms with van der Waals surface area (Å²) >= 11 is 0. The Morgan fingerprint density at radius 2 is 1.08 bits per heavy atom. The number of rotatable bonds is 5. The molecule has 0 fully saturated rings. The van der Waals surface area contributed by atoms with Gasteiger partial charge in [0.05, 0.1) is 17.1 Å². The van der Waals surface area contributed by atoms with Gasteiger partial charge in [0.25, 0.3) is 0 Å². The Kier molecular flexibility index (Phi) is 8.01. The van der Waals surface area contributed by atoms with Gasteiger partial charge in [-0.15, -0.1) is 0 Å². The second-order valence-electron chi connectivity index (χ2n) is 17.4. The normalized spacial score (nSPS) is 16.9. The summed E-state index contributed by atoms with van der Waals surface area (Å²) in [5.74, 6) is 0. The second-order valence-corrected chi connectivity index (χ2v) is 17.4. The van der Waals surface area contributed by atoms with E-state index in [0.717, 1.165) is 5.69 Å². The van der Waals surface area contributed by atoms with E-state index in [4.69, 9.17) is 0 Å². The van der Waals surface area contributed by atoms with Gasteiger partial charge in [-0.1, -0.05) is 184 Å². The predicted molar refractivity (Wildman–Crippen MR) is 256 cm³/mol. The van der Waals surface area contributed by atoms with Crippen LogP contribution in [0.15, 0.2) is 200 Å². The predicted octanol–water partition coefficient (Wildman–Crippen LogP) is 14.4. The first-order valence-electron chi connectivity index (χ1n) is 21.5. The van der Waals surface area contributed by atoms with Crippen molar-refractivity contribution in [1.82, 2.24) is 14.8 Å². The zero-order valence-electron chi connectivity index (χ0n) is 34.6. The molecule has 2 unspecified atom stereocenters. The highest BCUT2D eigenvalue weighted by atomic mass is 15.3. The van der Waals surface area contributed by atoms with Crippen molar-refractivity contribution < 1.29 is 0 Å². The highest BCUT2D eigenvalue weighted by Gasteiger charge is 2.41. The maximum absolute atomic E-state index is 3.92. The maximum Gasteiger partial charge on any atom is 0.106 e. The van der Waals surface area contributed by atoms with Crippen molar-refractivity contribution in [2.24, 2.45) is 0 Å². The van der Waals surface area contributed by atoms with E-state index < -0.39 is 0 Å². The Labute approximate surface area is 356 Å². The Bertz CT molecular complexity index is 3370. The lowest BCUT2D eigenvalue weighted by molar-refractivity contribution is 0.263. The van der Waals surface area contributed by atoms with Crippen LogP contribution in [0.2, 0.25) is 0 Å². The van der Waals surface area contributed by atoms with E-state index >= 15 is 0 Å². The van der Waals surface area contributed by atoms with Crippen LogP contribution < -0.4 is 5.32 Å². The van der Waals surface area contributed by atoms with Gasteiger partial charge in [0.1, 0.15) is 6.17 Å². The van der Waals surface area contributed by atoms with Gasteiger partial charge in [-0.25, -0.2) is 0 Å². The van der Waals surface area contributed by atoms with Crippen molar-refractivity contribution >= 4 is 49.0 Å². The van der Waals surface area contributed by atoms with Crippen molar-refractivity contribution in [2.75, 3.05) is 7.05 Å². The average molecular weight is 784 g/mol. The second kappa shape index (κ2) is 13.7. The fourth-order valence-electron chi connectivity index (χ4n) is 10.9. The van der Waals surface area contributed by atoms with Crippen LogP contribution in [0, 0.1) is 0 Å². The number of nitrogens with zero attached hydrogens (tertiary/aromatic N) is 2. The van der Waals surface area contributed by atoms with Gasteiger partial charge in [-0.2, -0.15) is 0 Å². The molecule has 0 saturated carbocycles. The number of para-hydroxylation sites is 1. The topological polar surface area (TPSA) is 20.2 Å². The highest BCUT2D eigenvalue weighted by molar-refractivity contribution is 6.21. The minimum Gasteiger partial charge on any atom is -0.355 e. The van der Waals surface area contributed by atoms with Crippen molar-refractivity contribution in [1.29, 1.82) is 0 Å². The number of nitrogens with one attached hydrogen (secondary N) is 1. The van der Waals surface area contributed by atoms with Crippen LogP contribution in [-0.4, -0.2) is 16.5 Å². The summed E-state index contributed by atoms with van der Waals surface area (Å²) in [6.07, 6.45) is 2.40. The van der Waals surface area contributed by atoms with E-state index in [1.165, 1.54) is 99.1 Å². The summed E-state index contributed by atoms with van der Waals surface area (Å²) in [6, 6.07) is 71.6. The molecule has 1 N–H and O–H groups in total. The Balaban J connectivity index is 0.987. The van der Waals surface area contributed by atoms with Crippen molar-refractivity contribution in [3.05, 3.63) is 228 Å². The molecule has 1 aromatic heterocycles. The van der Waals surface area contributed by atoms with Gasteiger partial charge in [0, 0.05) is 34.6 Å². The molecular weight excluding hydrogens is 739 g/mol. The molecule has 1 aliphatic heterocycles. The number of hydrogen-bond acceptors (Lipinski definition) is 2. The Morgan fingerprint density at radius 3 is 1.82 bits per heavy atom. The molecule has 12 rings (SSSR count). The first-order valence-corrected chi connectivity index (χ1v) is 21.5. The van der Waals surface area contributed by atoms with Crippen LogP contribution in [0.1, 0.15) is 53.9 Å². The van der Waals surface area contributed by atoms with E-state index in [-0.39, 0.29) is 17.6 Å². The largest absolute Gasteiger partial charge is 0.355 e. The lowest BCUT2D eigenvalue weighted by Gasteiger charge is -2.40. The Morgan fingerprint density at radius 1 is 0.475 bits per heavy atom. The van der Waals surface area contributed by atoms with Gasteiger partial charge in [0.15, 0.2) is 0 Å². The van der Waals surface area contributed by atoms with E-state index in [1.54, 1.807) is 0 Å². The summed E-state index contributed by atoms with van der Waals surface area (Å²) in [5.41, 5.74) is 16.3. The summed E-state index contributed by atoms with van der Waals surface area (Å²) < 4.78 is 2.53. The third-order valence-corrected chi connectivity index (χ3v) is 13.6. The molecule has 3 nitrogen and oxygen atoms in total. The number of fused-ring (bicyclic) bond motifs is 12. The van der Waals surface area contributed by atoms with Gasteiger partial charge >= 0.3 is 0 Å². The van der Waals surface area contributed by atoms with Crippen molar-refractivity contribution in [2.45, 2.75) is 31.5 Å². The molecule has 0 saturated heterocycles. The third-order valence-electron chi connectivity index (χ3n) is 13.6. The van der Waals surface area contributed by atoms with Gasteiger partial charge in [-0.3, -0.25) is 5.32 Å². The third kappa shape index (κ3) is 5.40. The lowest BCUT2D eigenvalue weighted by atomic mass is 9.78. The van der Waals surface area contributed by atoms with Gasteiger partial charge in [-0.05, 0) is 102 Å². The number of hydrogen-bond donors (Lipinski definition) is 1. The summed E-state index contributed by atoms with van der Waals surface area (Å²) in [5, 5.41) is 11.8. The summed E-state index contributed by atoms with van der Waals surface area (Å²) in [7, 11) is 2.20. The fraction of sp³-hybridized carbons (Fsp3) is 0.103. The molecule has 0 bridgehead atoms. The maximum atomic E-state index is 3.92. The van der Waals surface area contributed by atoms with E-state index in [2.05, 4.69) is 236 Å². The molecule has 2 aliphatic rings. The molecule has 0 spiro atoms. The highest BCUT2D eigenvalue weighted by Crippen LogP contribution is 2.57. The molecule has 2 atom stereocenters. The van der Waals surface area contributed by atoms with E-state index in [1.807, 2.05) is 0 Å². The molecule has 0 radical (unpaired) electrons. The van der Waals surface area contributed by atoms with E-state index in [9.17, 15) is 0 Å². The van der Waals surface area contributed by atoms with Crippen LogP contribution >= 0.6 is 0 Å². The number of aromatic nitrogens is 1. The molecule has 0 amide bonds. The first-order chi connectivity index (χ1) is 30.0. The zero-order valence-corrected chi connectivity index (χ0v) is 34.6. The van der Waals surface area contributed by atoms with Crippen LogP contribution in [-0.2, 0) is 5.41 Å². The molecule has 2 heterocycles. The standard InChI is InChI=1S/C58H45N3/c1-58(2)54-47-27-13-11-24-44(47)43-23-10-12-26-46(43)53(54)49-34-33-48-45-25-14-15-28-51(45)61(56(48)55(49)58)42-31-29-37(30-32-42)40-21-16-22-41(35-40)52-36-50(38-17-6-4-7-18-38)59-57(60(52)3)39-19-8-5-9-20-39/h4-36,50,57,59H,1-3H3. The molecule has 9 aromatic carbocycles. The Hall–Kier alpha value is -7.20. The summed E-state index contributed by atoms with van der Waals surface area (Å²) in [4.78, 5) is 2.38. The lowest BCUT2D eigenvalue weighted by Crippen LogP contribution is -2.40.